The lowest BCUT2D eigenvalue weighted by molar-refractivity contribution is -0.148. The molecule has 2 aromatic rings. The van der Waals surface area contributed by atoms with Crippen molar-refractivity contribution >= 4 is 17.0 Å². The van der Waals surface area contributed by atoms with E-state index in [4.69, 9.17) is 15.2 Å². The summed E-state index contributed by atoms with van der Waals surface area (Å²) in [5.41, 5.74) is 7.84. The van der Waals surface area contributed by atoms with Gasteiger partial charge in [0, 0.05) is 0 Å². The maximum Gasteiger partial charge on any atom is 0.166 e. The average molecular weight is 303 g/mol. The topological polar surface area (TPSA) is 108 Å². The van der Waals surface area contributed by atoms with Crippen LogP contribution in [0.2, 0.25) is 0 Å². The van der Waals surface area contributed by atoms with E-state index in [1.54, 1.807) is 6.33 Å². The molecule has 3 heterocycles. The molecule has 8 heteroatoms. The number of nitrogen functional groups attached to an aromatic ring is 1. The van der Waals surface area contributed by atoms with Crippen LogP contribution in [0.25, 0.3) is 11.2 Å². The second kappa shape index (κ2) is 4.48. The van der Waals surface area contributed by atoms with Crippen molar-refractivity contribution in [2.45, 2.75) is 37.9 Å². The van der Waals surface area contributed by atoms with Crippen LogP contribution in [0, 0.1) is 0 Å². The van der Waals surface area contributed by atoms with Crippen molar-refractivity contribution < 1.29 is 14.6 Å². The highest BCUT2D eigenvalue weighted by Crippen LogP contribution is 2.43. The molecule has 0 radical (unpaired) electrons. The summed E-state index contributed by atoms with van der Waals surface area (Å²) in [5.74, 6) is -0.347. The van der Waals surface area contributed by atoms with E-state index in [1.807, 2.05) is 24.5 Å². The van der Waals surface area contributed by atoms with Gasteiger partial charge in [-0.05, 0) is 19.4 Å². The first-order valence-electron chi connectivity index (χ1n) is 7.10. The first kappa shape index (κ1) is 13.6. The Morgan fingerprint density at radius 3 is 2.91 bits per heavy atom. The van der Waals surface area contributed by atoms with Gasteiger partial charge >= 0.3 is 0 Å². The van der Waals surface area contributed by atoms with Gasteiger partial charge in [0.15, 0.2) is 17.3 Å². The largest absolute Gasteiger partial charge is 0.392 e. The molecule has 2 aliphatic rings. The molecule has 22 heavy (non-hydrogen) atoms. The zero-order valence-corrected chi connectivity index (χ0v) is 12.3. The summed E-state index contributed by atoms with van der Waals surface area (Å²) in [6, 6.07) is -0.159. The highest BCUT2D eigenvalue weighted by molar-refractivity contribution is 5.81. The van der Waals surface area contributed by atoms with Gasteiger partial charge in [-0.25, -0.2) is 15.0 Å². The van der Waals surface area contributed by atoms with Crippen molar-refractivity contribution in [2.75, 3.05) is 12.3 Å². The third kappa shape index (κ3) is 1.84. The van der Waals surface area contributed by atoms with Crippen molar-refractivity contribution in [3.8, 4) is 0 Å². The second-order valence-corrected chi connectivity index (χ2v) is 5.99. The molecule has 0 spiro atoms. The fourth-order valence-electron chi connectivity index (χ4n) is 3.20. The Morgan fingerprint density at radius 2 is 2.14 bits per heavy atom. The molecule has 0 unspecified atom stereocenters. The molecule has 0 bridgehead atoms. The number of anilines is 1. The number of ether oxygens (including phenoxy) is 2. The molecule has 1 saturated heterocycles. The molecule has 2 aromatic heterocycles. The van der Waals surface area contributed by atoms with Crippen LogP contribution in [-0.2, 0) is 9.47 Å². The van der Waals surface area contributed by atoms with E-state index in [-0.39, 0.29) is 24.9 Å². The molecule has 0 aromatic carbocycles. The molecule has 116 valence electrons. The van der Waals surface area contributed by atoms with Crippen LogP contribution in [0.4, 0.5) is 5.82 Å². The average Bonchev–Trinajstić information content (AvgIpc) is 3.10. The zero-order valence-electron chi connectivity index (χ0n) is 12.3. The number of rotatable bonds is 2. The van der Waals surface area contributed by atoms with Gasteiger partial charge in [-0.15, -0.1) is 0 Å². The number of nitrogens with two attached hydrogens (primary N) is 1. The lowest BCUT2D eigenvalue weighted by atomic mass is 10.1. The number of nitrogens with zero attached hydrogens (tertiary/aromatic N) is 4. The lowest BCUT2D eigenvalue weighted by Gasteiger charge is -2.21. The maximum absolute atomic E-state index is 9.58. The van der Waals surface area contributed by atoms with Gasteiger partial charge in [-0.1, -0.05) is 6.08 Å². The summed E-state index contributed by atoms with van der Waals surface area (Å²) in [4.78, 5) is 12.5. The number of hydrogen-bond acceptors (Lipinski definition) is 7. The Balaban J connectivity index is 1.81. The molecule has 3 N–H and O–H groups in total. The quantitative estimate of drug-likeness (QED) is 0.773. The van der Waals surface area contributed by atoms with Crippen LogP contribution in [0.15, 0.2) is 24.3 Å². The molecular formula is C14H17N5O3. The van der Waals surface area contributed by atoms with E-state index < -0.39 is 5.79 Å². The van der Waals surface area contributed by atoms with Gasteiger partial charge in [-0.2, -0.15) is 0 Å². The van der Waals surface area contributed by atoms with Crippen LogP contribution in [-0.4, -0.2) is 49.2 Å². The predicted molar refractivity (Wildman–Crippen MR) is 77.8 cm³/mol. The summed E-state index contributed by atoms with van der Waals surface area (Å²) in [6.07, 6.45) is 4.54. The van der Waals surface area contributed by atoms with Gasteiger partial charge in [0.25, 0.3) is 0 Å². The molecular weight excluding hydrogens is 286 g/mol. The first-order chi connectivity index (χ1) is 10.5. The fraction of sp³-hybridized carbons (Fsp3) is 0.500. The number of imidazole rings is 1. The molecule has 1 aliphatic heterocycles. The number of aliphatic hydroxyl groups is 1. The van der Waals surface area contributed by atoms with E-state index in [2.05, 4.69) is 15.0 Å². The van der Waals surface area contributed by atoms with Crippen molar-refractivity contribution in [3.63, 3.8) is 0 Å². The predicted octanol–water partition coefficient (Wildman–Crippen LogP) is 0.402. The highest BCUT2D eigenvalue weighted by Gasteiger charge is 2.50. The van der Waals surface area contributed by atoms with Crippen LogP contribution in [0.1, 0.15) is 19.9 Å². The van der Waals surface area contributed by atoms with Gasteiger partial charge in [0.05, 0.1) is 19.0 Å². The van der Waals surface area contributed by atoms with Gasteiger partial charge in [-0.3, -0.25) is 0 Å². The molecule has 4 rings (SSSR count). The second-order valence-electron chi connectivity index (χ2n) is 5.99. The molecule has 3 atom stereocenters. The zero-order chi connectivity index (χ0) is 15.5. The SMILES string of the molecule is CC1(C)O[C@@H]2[C@H](O1)C(CO)=C[C@H]2n1cnc2c(N)ncnc21. The van der Waals surface area contributed by atoms with Crippen molar-refractivity contribution in [2.24, 2.45) is 0 Å². The fourth-order valence-corrected chi connectivity index (χ4v) is 3.20. The van der Waals surface area contributed by atoms with E-state index in [1.165, 1.54) is 6.33 Å². The Bertz CT molecular complexity index is 769. The third-order valence-corrected chi connectivity index (χ3v) is 4.11. The van der Waals surface area contributed by atoms with E-state index >= 15 is 0 Å². The Labute approximate surface area is 126 Å². The minimum Gasteiger partial charge on any atom is -0.392 e. The van der Waals surface area contributed by atoms with Crippen LogP contribution in [0.3, 0.4) is 0 Å². The Morgan fingerprint density at radius 1 is 1.32 bits per heavy atom. The third-order valence-electron chi connectivity index (χ3n) is 4.11. The normalized spacial score (nSPS) is 29.8. The Hall–Kier alpha value is -2.03. The molecule has 0 saturated carbocycles. The lowest BCUT2D eigenvalue weighted by Crippen LogP contribution is -2.28. The standard InChI is InChI=1S/C14H17N5O3/c1-14(2)21-10-7(4-20)3-8(11(10)22-14)19-6-18-9-12(15)16-5-17-13(9)19/h3,5-6,8,10-11,20H,4H2,1-2H3,(H2,15,16,17)/t8-,10-,11+/m1/s1. The summed E-state index contributed by atoms with van der Waals surface area (Å²) in [5, 5.41) is 9.58. The summed E-state index contributed by atoms with van der Waals surface area (Å²) >= 11 is 0. The minimum absolute atomic E-state index is 0.0686. The van der Waals surface area contributed by atoms with Gasteiger partial charge in [0.1, 0.15) is 24.1 Å². The Kier molecular flexibility index (Phi) is 2.77. The molecule has 8 nitrogen and oxygen atoms in total. The van der Waals surface area contributed by atoms with Crippen LogP contribution < -0.4 is 5.73 Å². The summed E-state index contributed by atoms with van der Waals surface area (Å²) in [7, 11) is 0. The molecule has 1 aliphatic carbocycles. The maximum atomic E-state index is 9.58. The van der Waals surface area contributed by atoms with Gasteiger partial charge < -0.3 is 24.9 Å². The smallest absolute Gasteiger partial charge is 0.166 e. The van der Waals surface area contributed by atoms with E-state index in [0.717, 1.165) is 5.57 Å². The number of fused-ring (bicyclic) bond motifs is 2. The summed E-state index contributed by atoms with van der Waals surface area (Å²) in [6.45, 7) is 3.66. The van der Waals surface area contributed by atoms with Crippen LogP contribution in [0.5, 0.6) is 0 Å². The van der Waals surface area contributed by atoms with Crippen molar-refractivity contribution in [1.82, 2.24) is 19.5 Å². The highest BCUT2D eigenvalue weighted by atomic mass is 16.8. The van der Waals surface area contributed by atoms with E-state index in [0.29, 0.717) is 17.0 Å². The van der Waals surface area contributed by atoms with Crippen molar-refractivity contribution in [3.05, 3.63) is 24.3 Å². The van der Waals surface area contributed by atoms with E-state index in [9.17, 15) is 5.11 Å². The number of aromatic nitrogens is 4. The monoisotopic (exact) mass is 303 g/mol. The molecule has 1 fully saturated rings. The first-order valence-corrected chi connectivity index (χ1v) is 7.10. The molecule has 0 amide bonds. The number of aliphatic hydroxyl groups excluding tert-OH is 1. The van der Waals surface area contributed by atoms with Crippen LogP contribution >= 0.6 is 0 Å². The van der Waals surface area contributed by atoms with Crippen molar-refractivity contribution in [1.29, 1.82) is 0 Å². The van der Waals surface area contributed by atoms with Gasteiger partial charge in [0.2, 0.25) is 0 Å². The minimum atomic E-state index is -0.688. The number of hydrogen-bond donors (Lipinski definition) is 2. The summed E-state index contributed by atoms with van der Waals surface area (Å²) < 4.78 is 13.8.